The molecule has 3 N–H and O–H groups in total. The summed E-state index contributed by atoms with van der Waals surface area (Å²) in [5.74, 6) is 0.698. The Labute approximate surface area is 132 Å². The maximum atomic E-state index is 7.86. The molecule has 0 amide bonds. The lowest BCUT2D eigenvalue weighted by Gasteiger charge is -2.18. The molecule has 0 aliphatic heterocycles. The van der Waals surface area contributed by atoms with Crippen molar-refractivity contribution in [1.29, 1.82) is 5.41 Å². The number of amidine groups is 1. The highest BCUT2D eigenvalue weighted by Gasteiger charge is 2.20. The van der Waals surface area contributed by atoms with Crippen molar-refractivity contribution in [3.63, 3.8) is 0 Å². The van der Waals surface area contributed by atoms with E-state index in [9.17, 15) is 0 Å². The van der Waals surface area contributed by atoms with Gasteiger partial charge in [0, 0.05) is 5.69 Å². The van der Waals surface area contributed by atoms with Crippen LogP contribution in [-0.2, 0) is 12.8 Å². The fourth-order valence-electron chi connectivity index (χ4n) is 2.81. The number of hydrogen-bond acceptors (Lipinski definition) is 3. The summed E-state index contributed by atoms with van der Waals surface area (Å²) in [4.78, 5) is 4.78. The van der Waals surface area contributed by atoms with Crippen molar-refractivity contribution in [3.8, 4) is 5.82 Å². The second-order valence-corrected chi connectivity index (χ2v) is 6.28. The van der Waals surface area contributed by atoms with E-state index >= 15 is 0 Å². The molecule has 0 spiro atoms. The predicted molar refractivity (Wildman–Crippen MR) is 86.2 cm³/mol. The highest BCUT2D eigenvalue weighted by Crippen LogP contribution is 2.27. The van der Waals surface area contributed by atoms with Crippen molar-refractivity contribution < 1.29 is 0 Å². The summed E-state index contributed by atoms with van der Waals surface area (Å²) in [5.41, 5.74) is 10.6. The van der Waals surface area contributed by atoms with Crippen molar-refractivity contribution in [2.24, 2.45) is 5.73 Å². The molecule has 2 aromatic rings. The van der Waals surface area contributed by atoms with Crippen molar-refractivity contribution in [1.82, 2.24) is 14.8 Å². The molecule has 0 atom stereocenters. The summed E-state index contributed by atoms with van der Waals surface area (Å²) in [5, 5.41) is 12.4. The average molecular weight is 348 g/mol. The van der Waals surface area contributed by atoms with Crippen LogP contribution in [0, 0.1) is 19.3 Å². The number of nitrogens with two attached hydrogens (primary N) is 1. The van der Waals surface area contributed by atoms with Crippen LogP contribution in [0.5, 0.6) is 0 Å². The summed E-state index contributed by atoms with van der Waals surface area (Å²) >= 11 is 3.54. The van der Waals surface area contributed by atoms with Gasteiger partial charge in [-0.25, -0.2) is 9.67 Å². The van der Waals surface area contributed by atoms with Gasteiger partial charge in [0.2, 0.25) is 0 Å². The number of fused-ring (bicyclic) bond motifs is 1. The summed E-state index contributed by atoms with van der Waals surface area (Å²) in [7, 11) is 0. The number of aromatic nitrogens is 3. The van der Waals surface area contributed by atoms with Crippen LogP contribution < -0.4 is 5.73 Å². The number of pyridine rings is 1. The average Bonchev–Trinajstić information content (AvgIpc) is 2.73. The number of rotatable bonds is 2. The standard InChI is InChI=1S/C15H18BrN5/c1-8-13(16)9(2)21(20-8)15-11(14(17)18)7-10-5-3-4-6-12(10)19-15/h7H,3-6H2,1-2H3,(H3,17,18). The molecule has 0 unspecified atom stereocenters. The second kappa shape index (κ2) is 5.26. The van der Waals surface area contributed by atoms with Crippen molar-refractivity contribution >= 4 is 21.8 Å². The van der Waals surface area contributed by atoms with Crippen LogP contribution in [0.4, 0.5) is 0 Å². The number of nitrogens with zero attached hydrogens (tertiary/aromatic N) is 3. The molecule has 3 rings (SSSR count). The zero-order valence-corrected chi connectivity index (χ0v) is 13.8. The van der Waals surface area contributed by atoms with Crippen molar-refractivity contribution in [3.05, 3.63) is 38.7 Å². The van der Waals surface area contributed by atoms with E-state index in [0.717, 1.165) is 34.4 Å². The molecule has 0 saturated carbocycles. The van der Waals surface area contributed by atoms with Gasteiger partial charge in [0.15, 0.2) is 5.82 Å². The number of nitrogen functional groups attached to an aromatic ring is 1. The largest absolute Gasteiger partial charge is 0.384 e. The lowest BCUT2D eigenvalue weighted by Crippen LogP contribution is -2.20. The van der Waals surface area contributed by atoms with E-state index in [1.807, 2.05) is 19.9 Å². The Morgan fingerprint density at radius 3 is 2.67 bits per heavy atom. The van der Waals surface area contributed by atoms with E-state index in [2.05, 4.69) is 21.0 Å². The molecule has 0 saturated heterocycles. The number of halogens is 1. The highest BCUT2D eigenvalue weighted by molar-refractivity contribution is 9.10. The molecular formula is C15H18BrN5. The third kappa shape index (κ3) is 2.37. The Morgan fingerprint density at radius 1 is 1.33 bits per heavy atom. The van der Waals surface area contributed by atoms with E-state index in [0.29, 0.717) is 11.4 Å². The Balaban J connectivity index is 2.25. The SMILES string of the molecule is Cc1nn(-c2nc3c(cc2C(=N)N)CCCC3)c(C)c1Br. The molecule has 5 nitrogen and oxygen atoms in total. The monoisotopic (exact) mass is 347 g/mol. The van der Waals surface area contributed by atoms with Crippen molar-refractivity contribution in [2.45, 2.75) is 39.5 Å². The molecular weight excluding hydrogens is 330 g/mol. The molecule has 6 heteroatoms. The van der Waals surface area contributed by atoms with Gasteiger partial charge in [-0.1, -0.05) is 0 Å². The Kier molecular flexibility index (Phi) is 3.57. The third-order valence-corrected chi connectivity index (χ3v) is 5.12. The Bertz CT molecular complexity index is 732. The first-order chi connectivity index (χ1) is 9.99. The molecule has 1 aliphatic carbocycles. The lowest BCUT2D eigenvalue weighted by molar-refractivity contribution is 0.660. The van der Waals surface area contributed by atoms with Crippen LogP contribution in [0.1, 0.15) is 41.1 Å². The minimum atomic E-state index is 0.0366. The van der Waals surface area contributed by atoms with Crippen LogP contribution in [0.3, 0.4) is 0 Å². The first kappa shape index (κ1) is 14.3. The third-order valence-electron chi connectivity index (χ3n) is 3.97. The summed E-state index contributed by atoms with van der Waals surface area (Å²) < 4.78 is 2.75. The minimum Gasteiger partial charge on any atom is -0.384 e. The lowest BCUT2D eigenvalue weighted by atomic mass is 9.94. The highest BCUT2D eigenvalue weighted by atomic mass is 79.9. The molecule has 0 aromatic carbocycles. The second-order valence-electron chi connectivity index (χ2n) is 5.48. The normalized spacial score (nSPS) is 14.0. The van der Waals surface area contributed by atoms with Gasteiger partial charge in [0.1, 0.15) is 5.84 Å². The molecule has 110 valence electrons. The molecule has 1 aliphatic rings. The van der Waals surface area contributed by atoms with Gasteiger partial charge in [-0.05, 0) is 67.1 Å². The Hall–Kier alpha value is -1.69. The quantitative estimate of drug-likeness (QED) is 0.647. The van der Waals surface area contributed by atoms with Gasteiger partial charge >= 0.3 is 0 Å². The summed E-state index contributed by atoms with van der Waals surface area (Å²) in [6.07, 6.45) is 4.35. The minimum absolute atomic E-state index is 0.0366. The topological polar surface area (TPSA) is 80.6 Å². The Morgan fingerprint density at radius 2 is 2.05 bits per heavy atom. The van der Waals surface area contributed by atoms with Gasteiger partial charge in [0.05, 0.1) is 21.4 Å². The smallest absolute Gasteiger partial charge is 0.164 e. The van der Waals surface area contributed by atoms with Crippen LogP contribution in [0.25, 0.3) is 5.82 Å². The van der Waals surface area contributed by atoms with Crippen LogP contribution in [0.15, 0.2) is 10.5 Å². The zero-order chi connectivity index (χ0) is 15.1. The number of hydrogen-bond donors (Lipinski definition) is 2. The summed E-state index contributed by atoms with van der Waals surface area (Å²) in [6.45, 7) is 3.93. The maximum Gasteiger partial charge on any atom is 0.164 e. The van der Waals surface area contributed by atoms with Gasteiger partial charge < -0.3 is 5.73 Å². The first-order valence-corrected chi connectivity index (χ1v) is 7.87. The fraction of sp³-hybridized carbons (Fsp3) is 0.400. The molecule has 0 fully saturated rings. The predicted octanol–water partition coefficient (Wildman–Crippen LogP) is 2.81. The zero-order valence-electron chi connectivity index (χ0n) is 12.2. The van der Waals surface area contributed by atoms with Crippen molar-refractivity contribution in [2.75, 3.05) is 0 Å². The number of nitrogens with one attached hydrogen (secondary N) is 1. The van der Waals surface area contributed by atoms with E-state index in [-0.39, 0.29) is 5.84 Å². The molecule has 0 bridgehead atoms. The molecule has 0 radical (unpaired) electrons. The number of aryl methyl sites for hydroxylation is 3. The van der Waals surface area contributed by atoms with E-state index in [1.54, 1.807) is 4.68 Å². The van der Waals surface area contributed by atoms with Gasteiger partial charge in [-0.15, -0.1) is 0 Å². The maximum absolute atomic E-state index is 7.86. The molecule has 2 aromatic heterocycles. The molecule has 21 heavy (non-hydrogen) atoms. The molecule has 2 heterocycles. The van der Waals surface area contributed by atoms with Crippen LogP contribution in [-0.4, -0.2) is 20.6 Å². The van der Waals surface area contributed by atoms with Gasteiger partial charge in [-0.3, -0.25) is 5.41 Å². The van der Waals surface area contributed by atoms with E-state index in [1.165, 1.54) is 18.4 Å². The van der Waals surface area contributed by atoms with Crippen LogP contribution in [0.2, 0.25) is 0 Å². The fourth-order valence-corrected chi connectivity index (χ4v) is 3.06. The van der Waals surface area contributed by atoms with Gasteiger partial charge in [-0.2, -0.15) is 5.10 Å². The van der Waals surface area contributed by atoms with Gasteiger partial charge in [0.25, 0.3) is 0 Å². The first-order valence-electron chi connectivity index (χ1n) is 7.08. The van der Waals surface area contributed by atoms with E-state index in [4.69, 9.17) is 16.1 Å². The van der Waals surface area contributed by atoms with Crippen LogP contribution >= 0.6 is 15.9 Å². The van der Waals surface area contributed by atoms with E-state index < -0.39 is 0 Å². The summed E-state index contributed by atoms with van der Waals surface area (Å²) in [6, 6.07) is 2.02.